The molecule has 1 saturated heterocycles. The molecule has 0 atom stereocenters. The van der Waals surface area contributed by atoms with Gasteiger partial charge < -0.3 is 9.47 Å². The van der Waals surface area contributed by atoms with E-state index in [1.54, 1.807) is 6.07 Å². The zero-order chi connectivity index (χ0) is 18.3. The maximum Gasteiger partial charge on any atom is 0.255 e. The summed E-state index contributed by atoms with van der Waals surface area (Å²) < 4.78 is 28.6. The van der Waals surface area contributed by atoms with E-state index in [0.29, 0.717) is 5.56 Å². The zero-order valence-corrected chi connectivity index (χ0v) is 14.5. The summed E-state index contributed by atoms with van der Waals surface area (Å²) in [6.07, 6.45) is 2.89. The van der Waals surface area contributed by atoms with E-state index in [0.717, 1.165) is 22.3 Å². The highest BCUT2D eigenvalue weighted by atomic mass is 19.3. The number of likely N-dealkylation sites (tertiary alicyclic amines) is 1. The number of benzene rings is 1. The van der Waals surface area contributed by atoms with E-state index in [9.17, 15) is 13.6 Å². The molecule has 6 heteroatoms. The standard InChI is InChI=1S/C20H19F2N3O/c1-14-3-2-4-17(11-14)25-8-5-15-12-16(13-23-18(15)25)19(26)24-9-6-20(21,22)7-10-24/h2-5,8,11-13H,6-7,9-10H2,1H3. The second-order valence-corrected chi connectivity index (χ2v) is 6.81. The third-order valence-corrected chi connectivity index (χ3v) is 4.84. The Labute approximate surface area is 150 Å². The number of amides is 1. The normalized spacial score (nSPS) is 16.8. The van der Waals surface area contributed by atoms with E-state index >= 15 is 0 Å². The lowest BCUT2D eigenvalue weighted by Gasteiger charge is -2.31. The first-order chi connectivity index (χ1) is 12.4. The lowest BCUT2D eigenvalue weighted by molar-refractivity contribution is -0.0494. The molecule has 1 aromatic carbocycles. The highest BCUT2D eigenvalue weighted by molar-refractivity contribution is 5.97. The third-order valence-electron chi connectivity index (χ3n) is 4.84. The molecule has 1 aliphatic rings. The molecule has 0 radical (unpaired) electrons. The van der Waals surface area contributed by atoms with Crippen LogP contribution < -0.4 is 0 Å². The van der Waals surface area contributed by atoms with Gasteiger partial charge in [0.1, 0.15) is 5.65 Å². The van der Waals surface area contributed by atoms with Crippen LogP contribution in [0.3, 0.4) is 0 Å². The van der Waals surface area contributed by atoms with Crippen LogP contribution in [0.2, 0.25) is 0 Å². The number of carbonyl (C=O) groups is 1. The van der Waals surface area contributed by atoms with Crippen LogP contribution in [-0.4, -0.2) is 39.4 Å². The van der Waals surface area contributed by atoms with Gasteiger partial charge in [0.05, 0.1) is 5.56 Å². The quantitative estimate of drug-likeness (QED) is 0.691. The van der Waals surface area contributed by atoms with Gasteiger partial charge >= 0.3 is 0 Å². The minimum Gasteiger partial charge on any atom is -0.338 e. The van der Waals surface area contributed by atoms with Crippen LogP contribution in [0, 0.1) is 6.92 Å². The molecule has 0 saturated carbocycles. The fraction of sp³-hybridized carbons (Fsp3) is 0.300. The summed E-state index contributed by atoms with van der Waals surface area (Å²) in [7, 11) is 0. The van der Waals surface area contributed by atoms with Gasteiger partial charge in [0.25, 0.3) is 11.8 Å². The Balaban J connectivity index is 1.62. The van der Waals surface area contributed by atoms with E-state index in [4.69, 9.17) is 0 Å². The highest BCUT2D eigenvalue weighted by Gasteiger charge is 2.35. The van der Waals surface area contributed by atoms with Gasteiger partial charge in [0.2, 0.25) is 0 Å². The Morgan fingerprint density at radius 1 is 1.15 bits per heavy atom. The Bertz CT molecular complexity index is 970. The number of pyridine rings is 1. The molecule has 0 bridgehead atoms. The number of rotatable bonds is 2. The fourth-order valence-corrected chi connectivity index (χ4v) is 3.35. The molecule has 0 unspecified atom stereocenters. The van der Waals surface area contributed by atoms with Gasteiger partial charge in [-0.3, -0.25) is 4.79 Å². The molecule has 0 aliphatic carbocycles. The van der Waals surface area contributed by atoms with Crippen molar-refractivity contribution < 1.29 is 13.6 Å². The average Bonchev–Trinajstić information content (AvgIpc) is 3.04. The van der Waals surface area contributed by atoms with Crippen LogP contribution in [0.4, 0.5) is 8.78 Å². The second-order valence-electron chi connectivity index (χ2n) is 6.81. The fourth-order valence-electron chi connectivity index (χ4n) is 3.35. The molecule has 4 rings (SSSR count). The Kier molecular flexibility index (Phi) is 3.98. The average molecular weight is 355 g/mol. The Morgan fingerprint density at radius 2 is 1.92 bits per heavy atom. The van der Waals surface area contributed by atoms with Crippen LogP contribution in [0.15, 0.2) is 48.8 Å². The number of hydrogen-bond donors (Lipinski definition) is 0. The molecular weight excluding hydrogens is 336 g/mol. The van der Waals surface area contributed by atoms with Crippen molar-refractivity contribution in [1.82, 2.24) is 14.5 Å². The summed E-state index contributed by atoms with van der Waals surface area (Å²) in [5.41, 5.74) is 3.35. The molecule has 134 valence electrons. The minimum atomic E-state index is -2.66. The van der Waals surface area contributed by atoms with Gasteiger partial charge in [-0.1, -0.05) is 12.1 Å². The van der Waals surface area contributed by atoms with E-state index < -0.39 is 5.92 Å². The Hall–Kier alpha value is -2.76. The number of carbonyl (C=O) groups excluding carboxylic acids is 1. The maximum absolute atomic E-state index is 13.3. The van der Waals surface area contributed by atoms with Crippen LogP contribution in [0.1, 0.15) is 28.8 Å². The number of halogens is 2. The van der Waals surface area contributed by atoms with Crippen LogP contribution in [0.5, 0.6) is 0 Å². The van der Waals surface area contributed by atoms with Crippen molar-refractivity contribution in [1.29, 1.82) is 0 Å². The summed E-state index contributed by atoms with van der Waals surface area (Å²) in [5.74, 6) is -2.90. The van der Waals surface area contributed by atoms with Gasteiger partial charge in [0, 0.05) is 49.4 Å². The minimum absolute atomic E-state index is 0.0776. The maximum atomic E-state index is 13.3. The first-order valence-electron chi connectivity index (χ1n) is 8.64. The van der Waals surface area contributed by atoms with Gasteiger partial charge in [-0.25, -0.2) is 13.8 Å². The summed E-state index contributed by atoms with van der Waals surface area (Å²) in [5, 5.41) is 0.847. The zero-order valence-electron chi connectivity index (χ0n) is 14.5. The largest absolute Gasteiger partial charge is 0.338 e. The molecule has 4 nitrogen and oxygen atoms in total. The summed E-state index contributed by atoms with van der Waals surface area (Å²) in [6.45, 7) is 2.18. The van der Waals surface area contributed by atoms with Crippen LogP contribution in [0.25, 0.3) is 16.7 Å². The van der Waals surface area contributed by atoms with E-state index in [1.165, 1.54) is 11.1 Å². The van der Waals surface area contributed by atoms with Crippen molar-refractivity contribution in [2.24, 2.45) is 0 Å². The number of piperidine rings is 1. The summed E-state index contributed by atoms with van der Waals surface area (Å²) >= 11 is 0. The van der Waals surface area contributed by atoms with Crippen LogP contribution in [-0.2, 0) is 0 Å². The molecule has 0 spiro atoms. The van der Waals surface area contributed by atoms with Crippen molar-refractivity contribution in [2.45, 2.75) is 25.7 Å². The number of aromatic nitrogens is 2. The van der Waals surface area contributed by atoms with Crippen molar-refractivity contribution >= 4 is 16.9 Å². The van der Waals surface area contributed by atoms with Crippen molar-refractivity contribution in [3.05, 3.63) is 59.9 Å². The number of alkyl halides is 2. The predicted octanol–water partition coefficient (Wildman–Crippen LogP) is 4.21. The van der Waals surface area contributed by atoms with Crippen LogP contribution >= 0.6 is 0 Å². The number of aryl methyl sites for hydroxylation is 1. The third kappa shape index (κ3) is 3.07. The van der Waals surface area contributed by atoms with Crippen molar-refractivity contribution in [3.8, 4) is 5.69 Å². The van der Waals surface area contributed by atoms with Gasteiger partial charge in [-0.2, -0.15) is 0 Å². The first kappa shape index (κ1) is 16.7. The van der Waals surface area contributed by atoms with Crippen molar-refractivity contribution in [3.63, 3.8) is 0 Å². The highest BCUT2D eigenvalue weighted by Crippen LogP contribution is 2.28. The summed E-state index contributed by atoms with van der Waals surface area (Å²) in [4.78, 5) is 18.6. The smallest absolute Gasteiger partial charge is 0.255 e. The molecule has 1 amide bonds. The monoisotopic (exact) mass is 355 g/mol. The SMILES string of the molecule is Cc1cccc(-n2ccc3cc(C(=O)N4CCC(F)(F)CC4)cnc32)c1. The van der Waals surface area contributed by atoms with Gasteiger partial charge in [-0.05, 0) is 36.8 Å². The van der Waals surface area contributed by atoms with E-state index in [-0.39, 0.29) is 31.8 Å². The molecule has 1 fully saturated rings. The van der Waals surface area contributed by atoms with Crippen molar-refractivity contribution in [2.75, 3.05) is 13.1 Å². The first-order valence-corrected chi connectivity index (χ1v) is 8.64. The predicted molar refractivity (Wildman–Crippen MR) is 95.9 cm³/mol. The summed E-state index contributed by atoms with van der Waals surface area (Å²) in [6, 6.07) is 11.8. The molecule has 2 aromatic heterocycles. The molecule has 3 aromatic rings. The molecule has 26 heavy (non-hydrogen) atoms. The van der Waals surface area contributed by atoms with E-state index in [2.05, 4.69) is 11.1 Å². The Morgan fingerprint density at radius 3 is 2.65 bits per heavy atom. The lowest BCUT2D eigenvalue weighted by atomic mass is 10.1. The van der Waals surface area contributed by atoms with E-state index in [1.807, 2.05) is 42.0 Å². The number of fused-ring (bicyclic) bond motifs is 1. The topological polar surface area (TPSA) is 38.1 Å². The molecule has 1 aliphatic heterocycles. The number of nitrogens with zero attached hydrogens (tertiary/aromatic N) is 3. The van der Waals surface area contributed by atoms with Gasteiger partial charge in [0.15, 0.2) is 0 Å². The lowest BCUT2D eigenvalue weighted by Crippen LogP contribution is -2.42. The van der Waals surface area contributed by atoms with Gasteiger partial charge in [-0.15, -0.1) is 0 Å². The number of hydrogen-bond acceptors (Lipinski definition) is 2. The molecule has 3 heterocycles. The molecule has 0 N–H and O–H groups in total. The molecular formula is C20H19F2N3O. The second kappa shape index (κ2) is 6.20.